The second-order valence-corrected chi connectivity index (χ2v) is 6.82. The van der Waals surface area contributed by atoms with Crippen LogP contribution in [-0.2, 0) is 4.79 Å². The van der Waals surface area contributed by atoms with Gasteiger partial charge in [0.05, 0.1) is 6.54 Å². The maximum atomic E-state index is 12.2. The van der Waals surface area contributed by atoms with Crippen LogP contribution in [0.4, 0.5) is 5.69 Å². The molecule has 2 aromatic rings. The van der Waals surface area contributed by atoms with Gasteiger partial charge in [0, 0.05) is 35.4 Å². The molecule has 6 nitrogen and oxygen atoms in total. The quantitative estimate of drug-likeness (QED) is 0.592. The average molecular weight is 403 g/mol. The van der Waals surface area contributed by atoms with Crippen molar-refractivity contribution in [2.24, 2.45) is 0 Å². The molecule has 0 spiro atoms. The van der Waals surface area contributed by atoms with E-state index in [2.05, 4.69) is 34.9 Å². The predicted molar refractivity (Wildman–Crippen MR) is 113 cm³/mol. The monoisotopic (exact) mass is 402 g/mol. The van der Waals surface area contributed by atoms with E-state index >= 15 is 0 Å². The molecule has 150 valence electrons. The lowest BCUT2D eigenvalue weighted by Crippen LogP contribution is -2.45. The third-order valence-electron chi connectivity index (χ3n) is 4.49. The number of carbonyl (C=O) groups is 2. The molecule has 0 aliphatic heterocycles. The number of hydrogen-bond donors (Lipinski definition) is 3. The highest BCUT2D eigenvalue weighted by molar-refractivity contribution is 6.30. The molecule has 0 bridgehead atoms. The van der Waals surface area contributed by atoms with E-state index in [0.717, 1.165) is 24.3 Å². The Morgan fingerprint density at radius 3 is 2.32 bits per heavy atom. The van der Waals surface area contributed by atoms with Crippen LogP contribution in [0.25, 0.3) is 0 Å². The van der Waals surface area contributed by atoms with Crippen molar-refractivity contribution in [3.8, 4) is 0 Å². The fraction of sp³-hybridized carbons (Fsp3) is 0.333. The lowest BCUT2D eigenvalue weighted by atomic mass is 10.1. The van der Waals surface area contributed by atoms with Crippen molar-refractivity contribution in [3.05, 3.63) is 64.7 Å². The van der Waals surface area contributed by atoms with Gasteiger partial charge in [-0.25, -0.2) is 0 Å². The van der Waals surface area contributed by atoms with Gasteiger partial charge in [-0.2, -0.15) is 0 Å². The predicted octanol–water partition coefficient (Wildman–Crippen LogP) is 3.30. The molecular formula is C21H27ClN4O2. The molecule has 2 rings (SSSR count). The van der Waals surface area contributed by atoms with Gasteiger partial charge >= 0.3 is 0 Å². The van der Waals surface area contributed by atoms with Crippen molar-refractivity contribution in [1.29, 1.82) is 0 Å². The van der Waals surface area contributed by atoms with Gasteiger partial charge in [-0.05, 0) is 62.7 Å². The number of halogens is 1. The van der Waals surface area contributed by atoms with Crippen LogP contribution in [0.1, 0.15) is 42.7 Å². The van der Waals surface area contributed by atoms with Gasteiger partial charge in [-0.3, -0.25) is 20.4 Å². The molecule has 0 saturated carbocycles. The van der Waals surface area contributed by atoms with E-state index in [-0.39, 0.29) is 24.4 Å². The molecule has 0 saturated heterocycles. The summed E-state index contributed by atoms with van der Waals surface area (Å²) in [7, 11) is 0. The number of nitrogens with one attached hydrogen (secondary N) is 3. The maximum absolute atomic E-state index is 12.2. The smallest absolute Gasteiger partial charge is 0.269 e. The topological polar surface area (TPSA) is 73.5 Å². The SMILES string of the molecule is CCN(CC)c1ccc(C(=O)NNC(=O)CN[C@H](C)c2cccc(Cl)c2)cc1. The normalized spacial score (nSPS) is 11.6. The number of amides is 2. The Kier molecular flexibility index (Phi) is 8.29. The fourth-order valence-corrected chi connectivity index (χ4v) is 2.99. The van der Waals surface area contributed by atoms with Gasteiger partial charge in [0.1, 0.15) is 0 Å². The largest absolute Gasteiger partial charge is 0.372 e. The lowest BCUT2D eigenvalue weighted by Gasteiger charge is -2.21. The van der Waals surface area contributed by atoms with E-state index in [4.69, 9.17) is 11.6 Å². The summed E-state index contributed by atoms with van der Waals surface area (Å²) in [4.78, 5) is 26.4. The van der Waals surface area contributed by atoms with Crippen molar-refractivity contribution in [2.45, 2.75) is 26.8 Å². The highest BCUT2D eigenvalue weighted by Crippen LogP contribution is 2.17. The molecule has 0 fully saturated rings. The molecule has 3 N–H and O–H groups in total. The number of benzene rings is 2. The molecule has 0 unspecified atom stereocenters. The van der Waals surface area contributed by atoms with Gasteiger partial charge in [-0.15, -0.1) is 0 Å². The summed E-state index contributed by atoms with van der Waals surface area (Å²) in [5, 5.41) is 3.74. The minimum Gasteiger partial charge on any atom is -0.372 e. The highest BCUT2D eigenvalue weighted by Gasteiger charge is 2.11. The number of rotatable bonds is 8. The van der Waals surface area contributed by atoms with E-state index in [1.54, 1.807) is 18.2 Å². The van der Waals surface area contributed by atoms with Gasteiger partial charge in [0.15, 0.2) is 0 Å². The van der Waals surface area contributed by atoms with Gasteiger partial charge in [0.2, 0.25) is 0 Å². The Morgan fingerprint density at radius 1 is 1.04 bits per heavy atom. The Hall–Kier alpha value is -2.57. The van der Waals surface area contributed by atoms with Crippen LogP contribution in [0, 0.1) is 0 Å². The minimum absolute atomic E-state index is 0.0484. The first-order valence-electron chi connectivity index (χ1n) is 9.37. The van der Waals surface area contributed by atoms with Crippen molar-refractivity contribution in [2.75, 3.05) is 24.5 Å². The van der Waals surface area contributed by atoms with E-state index in [1.807, 2.05) is 37.3 Å². The van der Waals surface area contributed by atoms with E-state index < -0.39 is 0 Å². The van der Waals surface area contributed by atoms with Crippen LogP contribution < -0.4 is 21.1 Å². The number of carbonyl (C=O) groups excluding carboxylic acids is 2. The molecular weight excluding hydrogens is 376 g/mol. The van der Waals surface area contributed by atoms with Crippen LogP contribution in [0.15, 0.2) is 48.5 Å². The third-order valence-corrected chi connectivity index (χ3v) is 4.73. The van der Waals surface area contributed by atoms with Crippen LogP contribution in [0.2, 0.25) is 5.02 Å². The van der Waals surface area contributed by atoms with Crippen LogP contribution in [0.3, 0.4) is 0 Å². The maximum Gasteiger partial charge on any atom is 0.269 e. The van der Waals surface area contributed by atoms with Gasteiger partial charge in [-0.1, -0.05) is 23.7 Å². The molecule has 0 aliphatic carbocycles. The minimum atomic E-state index is -0.359. The zero-order valence-corrected chi connectivity index (χ0v) is 17.2. The summed E-state index contributed by atoms with van der Waals surface area (Å²) in [5.74, 6) is -0.690. The summed E-state index contributed by atoms with van der Waals surface area (Å²) in [6, 6.07) is 14.7. The summed E-state index contributed by atoms with van der Waals surface area (Å²) >= 11 is 5.98. The number of anilines is 1. The van der Waals surface area contributed by atoms with Crippen LogP contribution >= 0.6 is 11.6 Å². The molecule has 0 radical (unpaired) electrons. The summed E-state index contributed by atoms with van der Waals surface area (Å²) in [6.45, 7) is 7.98. The van der Waals surface area contributed by atoms with E-state index in [9.17, 15) is 9.59 Å². The van der Waals surface area contributed by atoms with Gasteiger partial charge in [0.25, 0.3) is 11.8 Å². The Labute approximate surface area is 171 Å². The summed E-state index contributed by atoms with van der Waals surface area (Å²) < 4.78 is 0. The summed E-state index contributed by atoms with van der Waals surface area (Å²) in [6.07, 6.45) is 0. The molecule has 0 aliphatic rings. The molecule has 2 amide bonds. The van der Waals surface area contributed by atoms with Crippen LogP contribution in [0.5, 0.6) is 0 Å². The molecule has 0 aromatic heterocycles. The average Bonchev–Trinajstić information content (AvgIpc) is 2.71. The zero-order valence-electron chi connectivity index (χ0n) is 16.5. The van der Waals surface area contributed by atoms with Crippen molar-refractivity contribution in [1.82, 2.24) is 16.2 Å². The second-order valence-electron chi connectivity index (χ2n) is 6.38. The van der Waals surface area contributed by atoms with E-state index in [0.29, 0.717) is 10.6 Å². The fourth-order valence-electron chi connectivity index (χ4n) is 2.79. The van der Waals surface area contributed by atoms with Crippen molar-refractivity contribution < 1.29 is 9.59 Å². The Balaban J connectivity index is 1.79. The molecule has 1 atom stereocenters. The molecule has 2 aromatic carbocycles. The van der Waals surface area contributed by atoms with Crippen molar-refractivity contribution in [3.63, 3.8) is 0 Å². The summed E-state index contributed by atoms with van der Waals surface area (Å²) in [5.41, 5.74) is 7.38. The van der Waals surface area contributed by atoms with E-state index in [1.165, 1.54) is 0 Å². The molecule has 0 heterocycles. The first kappa shape index (κ1) is 21.7. The Morgan fingerprint density at radius 2 is 1.71 bits per heavy atom. The van der Waals surface area contributed by atoms with Crippen molar-refractivity contribution >= 4 is 29.1 Å². The first-order chi connectivity index (χ1) is 13.4. The lowest BCUT2D eigenvalue weighted by molar-refractivity contribution is -0.121. The van der Waals surface area contributed by atoms with Crippen LogP contribution in [-0.4, -0.2) is 31.4 Å². The molecule has 28 heavy (non-hydrogen) atoms. The number of nitrogens with zero attached hydrogens (tertiary/aromatic N) is 1. The number of hydrazine groups is 1. The highest BCUT2D eigenvalue weighted by atomic mass is 35.5. The molecule has 7 heteroatoms. The zero-order chi connectivity index (χ0) is 20.5. The standard InChI is InChI=1S/C21H27ClN4O2/c1-4-26(5-2)19-11-9-16(10-12-19)21(28)25-24-20(27)14-23-15(3)17-7-6-8-18(22)13-17/h6-13,15,23H,4-5,14H2,1-3H3,(H,24,27)(H,25,28)/t15-/m1/s1. The number of hydrogen-bond acceptors (Lipinski definition) is 4. The third kappa shape index (κ3) is 6.25. The first-order valence-corrected chi connectivity index (χ1v) is 9.75. The second kappa shape index (κ2) is 10.7. The van der Waals surface area contributed by atoms with Gasteiger partial charge < -0.3 is 10.2 Å². The Bertz CT molecular complexity index is 791.